The second kappa shape index (κ2) is 5.07. The molecule has 0 amide bonds. The quantitative estimate of drug-likeness (QED) is 0.849. The molecule has 5 nitrogen and oxygen atoms in total. The monoisotopic (exact) mass is 261 g/mol. The lowest BCUT2D eigenvalue weighted by atomic mass is 10.3. The molecule has 1 heterocycles. The van der Waals surface area contributed by atoms with Crippen molar-refractivity contribution in [3.8, 4) is 0 Å². The second-order valence-electron chi connectivity index (χ2n) is 3.56. The highest BCUT2D eigenvalue weighted by Gasteiger charge is 2.11. The van der Waals surface area contributed by atoms with E-state index < -0.39 is 10.0 Å². The number of aliphatic imine (C=N–C) groups is 1. The van der Waals surface area contributed by atoms with Crippen molar-refractivity contribution in [3.05, 3.63) is 54.4 Å². The van der Waals surface area contributed by atoms with Gasteiger partial charge in [-0.3, -0.25) is 9.98 Å². The van der Waals surface area contributed by atoms with E-state index in [0.717, 1.165) is 5.56 Å². The molecule has 0 fully saturated rings. The van der Waals surface area contributed by atoms with Crippen molar-refractivity contribution in [3.63, 3.8) is 0 Å². The van der Waals surface area contributed by atoms with Crippen LogP contribution in [0.1, 0.15) is 5.56 Å². The molecule has 0 bridgehead atoms. The molecule has 1 aromatic heterocycles. The summed E-state index contributed by atoms with van der Waals surface area (Å²) in [5.74, 6) is 0. The minimum absolute atomic E-state index is 0.00476. The lowest BCUT2D eigenvalue weighted by molar-refractivity contribution is 0.598. The number of sulfonamides is 1. The number of benzene rings is 1. The van der Waals surface area contributed by atoms with Crippen LogP contribution in [0.4, 0.5) is 5.69 Å². The zero-order valence-electron chi connectivity index (χ0n) is 9.39. The Morgan fingerprint density at radius 3 is 2.61 bits per heavy atom. The first kappa shape index (κ1) is 12.4. The maximum atomic E-state index is 11.4. The zero-order valence-corrected chi connectivity index (χ0v) is 10.2. The van der Waals surface area contributed by atoms with Gasteiger partial charge in [0.2, 0.25) is 10.0 Å². The van der Waals surface area contributed by atoms with E-state index >= 15 is 0 Å². The van der Waals surface area contributed by atoms with Crippen molar-refractivity contribution < 1.29 is 8.42 Å². The van der Waals surface area contributed by atoms with Gasteiger partial charge in [-0.1, -0.05) is 18.2 Å². The summed E-state index contributed by atoms with van der Waals surface area (Å²) in [4.78, 5) is 8.06. The predicted molar refractivity (Wildman–Crippen MR) is 69.3 cm³/mol. The van der Waals surface area contributed by atoms with Crippen LogP contribution >= 0.6 is 0 Å². The molecule has 2 rings (SSSR count). The van der Waals surface area contributed by atoms with Crippen molar-refractivity contribution in [2.75, 3.05) is 0 Å². The summed E-state index contributed by atoms with van der Waals surface area (Å²) in [5, 5.41) is 5.11. The Hall–Kier alpha value is -2.05. The summed E-state index contributed by atoms with van der Waals surface area (Å²) in [5.41, 5.74) is 1.09. The number of primary sulfonamides is 1. The Morgan fingerprint density at radius 1 is 1.17 bits per heavy atom. The van der Waals surface area contributed by atoms with Crippen molar-refractivity contribution in [1.82, 2.24) is 4.98 Å². The van der Waals surface area contributed by atoms with Crippen LogP contribution in [-0.2, 0) is 10.0 Å². The second-order valence-corrected chi connectivity index (χ2v) is 5.09. The fourth-order valence-corrected chi connectivity index (χ4v) is 2.08. The number of hydrogen-bond acceptors (Lipinski definition) is 4. The number of aromatic nitrogens is 1. The molecule has 0 unspecified atom stereocenters. The highest BCUT2D eigenvalue weighted by Crippen LogP contribution is 2.22. The van der Waals surface area contributed by atoms with Crippen LogP contribution in [0, 0.1) is 0 Å². The molecule has 0 atom stereocenters. The van der Waals surface area contributed by atoms with Crippen molar-refractivity contribution in [1.29, 1.82) is 0 Å². The lowest BCUT2D eigenvalue weighted by Crippen LogP contribution is -2.12. The maximum Gasteiger partial charge on any atom is 0.240 e. The van der Waals surface area contributed by atoms with Gasteiger partial charge in [0.15, 0.2) is 0 Å². The first-order valence-electron chi connectivity index (χ1n) is 5.13. The molecular formula is C12H11N3O2S. The van der Waals surface area contributed by atoms with E-state index in [2.05, 4.69) is 9.98 Å². The average molecular weight is 261 g/mol. The van der Waals surface area contributed by atoms with Gasteiger partial charge in [-0.05, 0) is 18.2 Å². The Labute approximate surface area is 105 Å². The van der Waals surface area contributed by atoms with E-state index in [4.69, 9.17) is 5.14 Å². The predicted octanol–water partition coefficient (Wildman–Crippen LogP) is 1.48. The fraction of sp³-hybridized carbons (Fsp3) is 0. The number of nitrogens with two attached hydrogens (primary N) is 1. The highest BCUT2D eigenvalue weighted by molar-refractivity contribution is 7.89. The van der Waals surface area contributed by atoms with Crippen LogP contribution in [0.3, 0.4) is 0 Å². The van der Waals surface area contributed by atoms with Gasteiger partial charge < -0.3 is 0 Å². The highest BCUT2D eigenvalue weighted by atomic mass is 32.2. The molecular weight excluding hydrogens is 250 g/mol. The summed E-state index contributed by atoms with van der Waals surface area (Å²) >= 11 is 0. The average Bonchev–Trinajstić information content (AvgIpc) is 2.37. The minimum Gasteiger partial charge on any atom is -0.264 e. The summed E-state index contributed by atoms with van der Waals surface area (Å²) in [6, 6.07) is 9.90. The standard InChI is InChI=1S/C12H11N3O2S/c13-18(16,17)12-6-2-1-5-11(12)15-9-10-4-3-7-14-8-10/h1-9H,(H2,13,16,17). The minimum atomic E-state index is -3.77. The van der Waals surface area contributed by atoms with Crippen LogP contribution in [0.25, 0.3) is 0 Å². The van der Waals surface area contributed by atoms with Crippen LogP contribution in [0.5, 0.6) is 0 Å². The largest absolute Gasteiger partial charge is 0.264 e. The Balaban J connectivity index is 2.39. The first-order chi connectivity index (χ1) is 8.57. The van der Waals surface area contributed by atoms with Gasteiger partial charge in [-0.2, -0.15) is 0 Å². The van der Waals surface area contributed by atoms with Crippen LogP contribution < -0.4 is 5.14 Å². The smallest absolute Gasteiger partial charge is 0.240 e. The molecule has 1 aromatic carbocycles. The molecule has 6 heteroatoms. The van der Waals surface area contributed by atoms with Gasteiger partial charge in [-0.15, -0.1) is 0 Å². The van der Waals surface area contributed by atoms with Gasteiger partial charge in [0.05, 0.1) is 5.69 Å². The Morgan fingerprint density at radius 2 is 1.94 bits per heavy atom. The molecule has 92 valence electrons. The normalized spacial score (nSPS) is 11.8. The number of hydrogen-bond donors (Lipinski definition) is 1. The van der Waals surface area contributed by atoms with Crippen molar-refractivity contribution in [2.45, 2.75) is 4.90 Å². The van der Waals surface area contributed by atoms with E-state index in [0.29, 0.717) is 5.69 Å². The molecule has 0 spiro atoms. The molecule has 2 N–H and O–H groups in total. The Bertz CT molecular complexity index is 667. The van der Waals surface area contributed by atoms with E-state index in [1.807, 2.05) is 6.07 Å². The molecule has 0 aliphatic rings. The summed E-state index contributed by atoms with van der Waals surface area (Å²) in [6.07, 6.45) is 4.82. The SMILES string of the molecule is NS(=O)(=O)c1ccccc1N=Cc1cccnc1. The van der Waals surface area contributed by atoms with Crippen LogP contribution in [0.15, 0.2) is 58.7 Å². The number of pyridine rings is 1. The molecule has 2 aromatic rings. The Kier molecular flexibility index (Phi) is 3.50. The van der Waals surface area contributed by atoms with E-state index in [1.54, 1.807) is 36.7 Å². The van der Waals surface area contributed by atoms with E-state index in [9.17, 15) is 8.42 Å². The third-order valence-electron chi connectivity index (χ3n) is 2.21. The molecule has 0 radical (unpaired) electrons. The summed E-state index contributed by atoms with van der Waals surface area (Å²) in [7, 11) is -3.77. The first-order valence-corrected chi connectivity index (χ1v) is 6.68. The van der Waals surface area contributed by atoms with E-state index in [1.165, 1.54) is 12.3 Å². The van der Waals surface area contributed by atoms with Gasteiger partial charge in [0.1, 0.15) is 4.90 Å². The summed E-state index contributed by atoms with van der Waals surface area (Å²) < 4.78 is 22.7. The molecule has 0 aliphatic heterocycles. The molecule has 0 aliphatic carbocycles. The van der Waals surface area contributed by atoms with Gasteiger partial charge in [0, 0.05) is 24.2 Å². The summed E-state index contributed by atoms with van der Waals surface area (Å²) in [6.45, 7) is 0. The van der Waals surface area contributed by atoms with Crippen molar-refractivity contribution >= 4 is 21.9 Å². The number of nitrogens with zero attached hydrogens (tertiary/aromatic N) is 2. The third kappa shape index (κ3) is 2.99. The third-order valence-corrected chi connectivity index (χ3v) is 3.17. The number of para-hydroxylation sites is 1. The van der Waals surface area contributed by atoms with Gasteiger partial charge >= 0.3 is 0 Å². The van der Waals surface area contributed by atoms with Crippen LogP contribution in [-0.4, -0.2) is 19.6 Å². The number of rotatable bonds is 3. The van der Waals surface area contributed by atoms with Gasteiger partial charge in [-0.25, -0.2) is 13.6 Å². The van der Waals surface area contributed by atoms with Gasteiger partial charge in [0.25, 0.3) is 0 Å². The van der Waals surface area contributed by atoms with Crippen LogP contribution in [0.2, 0.25) is 0 Å². The fourth-order valence-electron chi connectivity index (χ4n) is 1.40. The molecule has 0 saturated heterocycles. The molecule has 18 heavy (non-hydrogen) atoms. The molecule has 0 saturated carbocycles. The zero-order chi connectivity index (χ0) is 13.0. The lowest BCUT2D eigenvalue weighted by Gasteiger charge is -2.01. The van der Waals surface area contributed by atoms with E-state index in [-0.39, 0.29) is 4.90 Å². The van der Waals surface area contributed by atoms with Crippen molar-refractivity contribution in [2.24, 2.45) is 10.1 Å². The topological polar surface area (TPSA) is 85.4 Å². The maximum absolute atomic E-state index is 11.4.